The second-order valence-electron chi connectivity index (χ2n) is 6.07. The molecule has 124 valence electrons. The van der Waals surface area contributed by atoms with Gasteiger partial charge >= 0.3 is 0 Å². The minimum absolute atomic E-state index is 0.0118. The van der Waals surface area contributed by atoms with Crippen molar-refractivity contribution in [3.05, 3.63) is 75.0 Å². The standard InChI is InChI=1S/C19H20N2O3/c1-12-8-9-15(10-17(12)21(22)23)11-20-14(3)19-13(2)16-6-4-5-7-18(16)24-19/h4-10,14,20H,11H2,1-3H3. The molecular formula is C19H20N2O3. The molecule has 1 aromatic heterocycles. The van der Waals surface area contributed by atoms with Crippen LogP contribution in [0.5, 0.6) is 0 Å². The molecule has 24 heavy (non-hydrogen) atoms. The number of nitrogens with zero attached hydrogens (tertiary/aromatic N) is 1. The van der Waals surface area contributed by atoms with Crippen LogP contribution in [0.3, 0.4) is 0 Å². The molecule has 3 aromatic rings. The van der Waals surface area contributed by atoms with E-state index in [1.165, 1.54) is 0 Å². The highest BCUT2D eigenvalue weighted by Gasteiger charge is 2.17. The second kappa shape index (κ2) is 6.45. The maximum atomic E-state index is 11.0. The Morgan fingerprint density at radius 3 is 2.67 bits per heavy atom. The molecule has 2 aromatic carbocycles. The van der Waals surface area contributed by atoms with Crippen molar-refractivity contribution in [2.45, 2.75) is 33.4 Å². The van der Waals surface area contributed by atoms with Gasteiger partial charge in [0.2, 0.25) is 0 Å². The fraction of sp³-hybridized carbons (Fsp3) is 0.263. The Kier molecular flexibility index (Phi) is 4.36. The SMILES string of the molecule is Cc1ccc(CNC(C)c2oc3ccccc3c2C)cc1[N+](=O)[O-]. The molecule has 0 saturated heterocycles. The van der Waals surface area contributed by atoms with Crippen LogP contribution in [0.4, 0.5) is 5.69 Å². The van der Waals surface area contributed by atoms with E-state index in [0.717, 1.165) is 27.9 Å². The number of nitro groups is 1. The molecule has 0 radical (unpaired) electrons. The summed E-state index contributed by atoms with van der Waals surface area (Å²) in [6, 6.07) is 13.3. The predicted molar refractivity (Wildman–Crippen MR) is 94.0 cm³/mol. The topological polar surface area (TPSA) is 68.3 Å². The van der Waals surface area contributed by atoms with Gasteiger partial charge in [-0.1, -0.05) is 30.3 Å². The fourth-order valence-corrected chi connectivity index (χ4v) is 2.93. The average Bonchev–Trinajstić information content (AvgIpc) is 2.91. The molecule has 3 rings (SSSR count). The Labute approximate surface area is 140 Å². The van der Waals surface area contributed by atoms with E-state index in [9.17, 15) is 10.1 Å². The van der Waals surface area contributed by atoms with Crippen molar-refractivity contribution < 1.29 is 9.34 Å². The quantitative estimate of drug-likeness (QED) is 0.540. The number of benzene rings is 2. The zero-order chi connectivity index (χ0) is 17.3. The molecule has 1 heterocycles. The van der Waals surface area contributed by atoms with E-state index in [1.807, 2.05) is 37.3 Å². The lowest BCUT2D eigenvalue weighted by Crippen LogP contribution is -2.18. The first kappa shape index (κ1) is 16.2. The number of hydrogen-bond acceptors (Lipinski definition) is 4. The predicted octanol–water partition coefficient (Wildman–Crippen LogP) is 4.81. The van der Waals surface area contributed by atoms with Crippen LogP contribution in [-0.2, 0) is 6.54 Å². The Balaban J connectivity index is 1.77. The van der Waals surface area contributed by atoms with Gasteiger partial charge in [-0.3, -0.25) is 10.1 Å². The van der Waals surface area contributed by atoms with E-state index in [-0.39, 0.29) is 16.7 Å². The van der Waals surface area contributed by atoms with Crippen molar-refractivity contribution in [3.8, 4) is 0 Å². The van der Waals surface area contributed by atoms with E-state index in [0.29, 0.717) is 12.1 Å². The third kappa shape index (κ3) is 3.03. The van der Waals surface area contributed by atoms with Crippen molar-refractivity contribution in [2.24, 2.45) is 0 Å². The van der Waals surface area contributed by atoms with Gasteiger partial charge in [-0.2, -0.15) is 0 Å². The molecule has 0 saturated carbocycles. The van der Waals surface area contributed by atoms with Crippen molar-refractivity contribution in [1.29, 1.82) is 0 Å². The van der Waals surface area contributed by atoms with E-state index in [4.69, 9.17) is 4.42 Å². The lowest BCUT2D eigenvalue weighted by molar-refractivity contribution is -0.385. The van der Waals surface area contributed by atoms with Gasteiger partial charge in [0, 0.05) is 23.6 Å². The number of hydrogen-bond donors (Lipinski definition) is 1. The Bertz CT molecular complexity index is 899. The van der Waals surface area contributed by atoms with Gasteiger partial charge in [0.25, 0.3) is 5.69 Å². The van der Waals surface area contributed by atoms with E-state index in [2.05, 4.69) is 12.2 Å². The maximum absolute atomic E-state index is 11.0. The van der Waals surface area contributed by atoms with Crippen LogP contribution in [0.2, 0.25) is 0 Å². The van der Waals surface area contributed by atoms with E-state index < -0.39 is 0 Å². The summed E-state index contributed by atoms with van der Waals surface area (Å²) in [6.07, 6.45) is 0. The molecule has 5 heteroatoms. The maximum Gasteiger partial charge on any atom is 0.272 e. The largest absolute Gasteiger partial charge is 0.459 e. The summed E-state index contributed by atoms with van der Waals surface area (Å²) in [5, 5.41) is 15.6. The van der Waals surface area contributed by atoms with Crippen LogP contribution < -0.4 is 5.32 Å². The number of para-hydroxylation sites is 1. The Morgan fingerprint density at radius 1 is 1.21 bits per heavy atom. The molecule has 0 amide bonds. The minimum atomic E-state index is -0.342. The summed E-state index contributed by atoms with van der Waals surface area (Å²) in [4.78, 5) is 10.7. The molecule has 0 spiro atoms. The van der Waals surface area contributed by atoms with Crippen molar-refractivity contribution in [1.82, 2.24) is 5.32 Å². The third-order valence-corrected chi connectivity index (χ3v) is 4.36. The minimum Gasteiger partial charge on any atom is -0.459 e. The van der Waals surface area contributed by atoms with Crippen LogP contribution in [0.25, 0.3) is 11.0 Å². The molecule has 0 aliphatic rings. The summed E-state index contributed by atoms with van der Waals surface area (Å²) >= 11 is 0. The summed E-state index contributed by atoms with van der Waals surface area (Å²) in [6.45, 7) is 6.37. The molecule has 1 unspecified atom stereocenters. The molecule has 1 atom stereocenters. The highest BCUT2D eigenvalue weighted by atomic mass is 16.6. The first-order valence-electron chi connectivity index (χ1n) is 7.92. The van der Waals surface area contributed by atoms with Crippen LogP contribution in [0.1, 0.15) is 35.4 Å². The molecule has 0 fully saturated rings. The lowest BCUT2D eigenvalue weighted by Gasteiger charge is -2.13. The summed E-state index contributed by atoms with van der Waals surface area (Å²) in [5.41, 5.74) is 3.71. The molecule has 0 aliphatic carbocycles. The lowest BCUT2D eigenvalue weighted by atomic mass is 10.1. The Morgan fingerprint density at radius 2 is 1.96 bits per heavy atom. The van der Waals surface area contributed by atoms with Gasteiger partial charge in [-0.15, -0.1) is 0 Å². The van der Waals surface area contributed by atoms with Gasteiger partial charge in [-0.05, 0) is 38.0 Å². The van der Waals surface area contributed by atoms with E-state index >= 15 is 0 Å². The van der Waals surface area contributed by atoms with Crippen molar-refractivity contribution >= 4 is 16.7 Å². The number of nitro benzene ring substituents is 1. The molecule has 5 nitrogen and oxygen atoms in total. The van der Waals surface area contributed by atoms with Gasteiger partial charge < -0.3 is 9.73 Å². The molecule has 0 bridgehead atoms. The fourth-order valence-electron chi connectivity index (χ4n) is 2.93. The number of rotatable bonds is 5. The average molecular weight is 324 g/mol. The zero-order valence-corrected chi connectivity index (χ0v) is 14.0. The monoisotopic (exact) mass is 324 g/mol. The summed E-state index contributed by atoms with van der Waals surface area (Å²) in [7, 11) is 0. The summed E-state index contributed by atoms with van der Waals surface area (Å²) < 4.78 is 5.96. The number of aryl methyl sites for hydroxylation is 2. The molecule has 1 N–H and O–H groups in total. The van der Waals surface area contributed by atoms with Crippen molar-refractivity contribution in [2.75, 3.05) is 0 Å². The first-order chi connectivity index (χ1) is 11.5. The smallest absolute Gasteiger partial charge is 0.272 e. The number of nitrogens with one attached hydrogen (secondary N) is 1. The van der Waals surface area contributed by atoms with Gasteiger partial charge in [0.1, 0.15) is 11.3 Å². The third-order valence-electron chi connectivity index (χ3n) is 4.36. The summed E-state index contributed by atoms with van der Waals surface area (Å²) in [5.74, 6) is 0.901. The van der Waals surface area contributed by atoms with Gasteiger partial charge in [-0.25, -0.2) is 0 Å². The van der Waals surface area contributed by atoms with Crippen LogP contribution >= 0.6 is 0 Å². The van der Waals surface area contributed by atoms with Crippen LogP contribution in [0.15, 0.2) is 46.9 Å². The van der Waals surface area contributed by atoms with Crippen molar-refractivity contribution in [3.63, 3.8) is 0 Å². The second-order valence-corrected chi connectivity index (χ2v) is 6.07. The van der Waals surface area contributed by atoms with Crippen LogP contribution in [0, 0.1) is 24.0 Å². The number of fused-ring (bicyclic) bond motifs is 1. The van der Waals surface area contributed by atoms with Gasteiger partial charge in [0.15, 0.2) is 0 Å². The normalized spacial score (nSPS) is 12.5. The highest BCUT2D eigenvalue weighted by molar-refractivity contribution is 5.82. The number of furan rings is 1. The molecular weight excluding hydrogens is 304 g/mol. The first-order valence-corrected chi connectivity index (χ1v) is 7.92. The zero-order valence-electron chi connectivity index (χ0n) is 14.0. The van der Waals surface area contributed by atoms with E-state index in [1.54, 1.807) is 19.1 Å². The Hall–Kier alpha value is -2.66. The highest BCUT2D eigenvalue weighted by Crippen LogP contribution is 2.29. The van der Waals surface area contributed by atoms with Crippen LogP contribution in [-0.4, -0.2) is 4.92 Å². The van der Waals surface area contributed by atoms with Gasteiger partial charge in [0.05, 0.1) is 11.0 Å². The molecule has 0 aliphatic heterocycles.